The lowest BCUT2D eigenvalue weighted by atomic mass is 9.96. The summed E-state index contributed by atoms with van der Waals surface area (Å²) in [4.78, 5) is 13.8. The summed E-state index contributed by atoms with van der Waals surface area (Å²) in [6, 6.07) is 7.71. The second kappa shape index (κ2) is 9.61. The summed E-state index contributed by atoms with van der Waals surface area (Å²) < 4.78 is 10.8. The van der Waals surface area contributed by atoms with E-state index in [1.54, 1.807) is 14.2 Å². The molecule has 0 bridgehead atoms. The third-order valence-corrected chi connectivity index (χ3v) is 4.39. The molecule has 2 rings (SSSR count). The van der Waals surface area contributed by atoms with Gasteiger partial charge in [0.2, 0.25) is 5.91 Å². The maximum atomic E-state index is 11.6. The molecule has 0 aliphatic carbocycles. The number of benzene rings is 1. The number of aliphatic hydroxyl groups excluding tert-OH is 1. The highest BCUT2D eigenvalue weighted by molar-refractivity contribution is 5.78. The first kappa shape index (κ1) is 18.7. The van der Waals surface area contributed by atoms with Crippen molar-refractivity contribution in [1.29, 1.82) is 0 Å². The third kappa shape index (κ3) is 5.78. The van der Waals surface area contributed by atoms with Crippen LogP contribution < -0.4 is 10.1 Å². The number of nitrogens with zero attached hydrogens (tertiary/aromatic N) is 1. The highest BCUT2D eigenvalue weighted by Gasteiger charge is 2.25. The minimum Gasteiger partial charge on any atom is -0.497 e. The number of rotatable bonds is 8. The molecule has 0 aromatic heterocycles. The predicted octanol–water partition coefficient (Wildman–Crippen LogP) is 1.03. The SMILES string of the molecule is CNC(=O)C1CCN(CC(O)COCc2cccc(OC)c2)CC1. The van der Waals surface area contributed by atoms with Crippen LogP contribution in [0.25, 0.3) is 0 Å². The lowest BCUT2D eigenvalue weighted by Crippen LogP contribution is -2.43. The summed E-state index contributed by atoms with van der Waals surface area (Å²) >= 11 is 0. The molecule has 1 heterocycles. The zero-order valence-corrected chi connectivity index (χ0v) is 14.5. The van der Waals surface area contributed by atoms with Crippen molar-refractivity contribution in [2.75, 3.05) is 40.4 Å². The molecule has 1 unspecified atom stereocenters. The highest BCUT2D eigenvalue weighted by Crippen LogP contribution is 2.17. The quantitative estimate of drug-likeness (QED) is 0.742. The van der Waals surface area contributed by atoms with Gasteiger partial charge in [-0.1, -0.05) is 12.1 Å². The molecule has 1 aromatic carbocycles. The second-order valence-electron chi connectivity index (χ2n) is 6.21. The molecule has 0 radical (unpaired) electrons. The van der Waals surface area contributed by atoms with Crippen LogP contribution in [0.5, 0.6) is 5.75 Å². The van der Waals surface area contributed by atoms with Crippen LogP contribution in [-0.2, 0) is 16.1 Å². The maximum Gasteiger partial charge on any atom is 0.222 e. The Balaban J connectivity index is 1.65. The number of aliphatic hydroxyl groups is 1. The number of carbonyl (C=O) groups is 1. The average molecular weight is 336 g/mol. The van der Waals surface area contributed by atoms with Gasteiger partial charge in [-0.15, -0.1) is 0 Å². The number of hydrogen-bond donors (Lipinski definition) is 2. The van der Waals surface area contributed by atoms with Gasteiger partial charge in [0.05, 0.1) is 26.4 Å². The first-order valence-corrected chi connectivity index (χ1v) is 8.45. The lowest BCUT2D eigenvalue weighted by molar-refractivity contribution is -0.126. The largest absolute Gasteiger partial charge is 0.497 e. The number of ether oxygens (including phenoxy) is 2. The second-order valence-corrected chi connectivity index (χ2v) is 6.21. The molecule has 1 atom stereocenters. The first-order valence-electron chi connectivity index (χ1n) is 8.45. The number of likely N-dealkylation sites (tertiary alicyclic amines) is 1. The molecule has 2 N–H and O–H groups in total. The van der Waals surface area contributed by atoms with Crippen molar-refractivity contribution < 1.29 is 19.4 Å². The van der Waals surface area contributed by atoms with Gasteiger partial charge in [0.1, 0.15) is 5.75 Å². The van der Waals surface area contributed by atoms with E-state index in [0.717, 1.165) is 37.2 Å². The standard InChI is InChI=1S/C18H28N2O4/c1-19-18(22)15-6-8-20(9-7-15)11-16(21)13-24-12-14-4-3-5-17(10-14)23-2/h3-5,10,15-16,21H,6-9,11-13H2,1-2H3,(H,19,22). The van der Waals surface area contributed by atoms with Crippen molar-refractivity contribution in [2.24, 2.45) is 5.92 Å². The van der Waals surface area contributed by atoms with Gasteiger partial charge in [-0.25, -0.2) is 0 Å². The maximum absolute atomic E-state index is 11.6. The molecule has 1 aliphatic heterocycles. The van der Waals surface area contributed by atoms with Crippen molar-refractivity contribution in [2.45, 2.75) is 25.6 Å². The van der Waals surface area contributed by atoms with E-state index in [1.807, 2.05) is 24.3 Å². The van der Waals surface area contributed by atoms with Gasteiger partial charge < -0.3 is 24.8 Å². The Bertz CT molecular complexity index is 515. The smallest absolute Gasteiger partial charge is 0.222 e. The highest BCUT2D eigenvalue weighted by atomic mass is 16.5. The Kier molecular flexibility index (Phi) is 7.49. The summed E-state index contributed by atoms with van der Waals surface area (Å²) in [7, 11) is 3.31. The minimum atomic E-state index is -0.521. The molecule has 6 heteroatoms. The molecular formula is C18H28N2O4. The van der Waals surface area contributed by atoms with E-state index in [9.17, 15) is 9.90 Å². The Morgan fingerprint density at radius 3 is 2.83 bits per heavy atom. The summed E-state index contributed by atoms with van der Waals surface area (Å²) in [6.45, 7) is 3.01. The Labute approximate surface area is 143 Å². The topological polar surface area (TPSA) is 71.0 Å². The molecule has 0 saturated carbocycles. The number of carbonyl (C=O) groups excluding carboxylic acids is 1. The van der Waals surface area contributed by atoms with Crippen LogP contribution in [0.3, 0.4) is 0 Å². The van der Waals surface area contributed by atoms with Crippen LogP contribution in [0.15, 0.2) is 24.3 Å². The molecule has 0 spiro atoms. The van der Waals surface area contributed by atoms with Crippen LogP contribution >= 0.6 is 0 Å². The molecular weight excluding hydrogens is 308 g/mol. The van der Waals surface area contributed by atoms with Crippen LogP contribution in [0.4, 0.5) is 0 Å². The van der Waals surface area contributed by atoms with Gasteiger partial charge in [0, 0.05) is 19.5 Å². The van der Waals surface area contributed by atoms with E-state index in [0.29, 0.717) is 19.8 Å². The molecule has 6 nitrogen and oxygen atoms in total. The summed E-state index contributed by atoms with van der Waals surface area (Å²) in [5.74, 6) is 1.03. The van der Waals surface area contributed by atoms with E-state index < -0.39 is 6.10 Å². The molecule has 1 fully saturated rings. The normalized spacial score (nSPS) is 17.5. The number of nitrogens with one attached hydrogen (secondary N) is 1. The van der Waals surface area contributed by atoms with Crippen LogP contribution in [0, 0.1) is 5.92 Å². The van der Waals surface area contributed by atoms with E-state index in [-0.39, 0.29) is 11.8 Å². The zero-order valence-electron chi connectivity index (χ0n) is 14.5. The first-order chi connectivity index (χ1) is 11.6. The molecule has 1 aliphatic rings. The van der Waals surface area contributed by atoms with Gasteiger partial charge in [-0.05, 0) is 43.6 Å². The molecule has 134 valence electrons. The number of piperidine rings is 1. The zero-order chi connectivity index (χ0) is 17.4. The number of methoxy groups -OCH3 is 1. The van der Waals surface area contributed by atoms with Crippen molar-refractivity contribution in [1.82, 2.24) is 10.2 Å². The van der Waals surface area contributed by atoms with Gasteiger partial charge in [0.25, 0.3) is 0 Å². The van der Waals surface area contributed by atoms with Gasteiger partial charge in [0.15, 0.2) is 0 Å². The van der Waals surface area contributed by atoms with Crippen molar-refractivity contribution >= 4 is 5.91 Å². The fourth-order valence-electron chi connectivity index (χ4n) is 3.01. The monoisotopic (exact) mass is 336 g/mol. The molecule has 1 saturated heterocycles. The lowest BCUT2D eigenvalue weighted by Gasteiger charge is -2.32. The summed E-state index contributed by atoms with van der Waals surface area (Å²) in [6.07, 6.45) is 1.17. The van der Waals surface area contributed by atoms with Crippen LogP contribution in [-0.4, -0.2) is 62.4 Å². The summed E-state index contributed by atoms with van der Waals surface area (Å²) in [5.41, 5.74) is 1.02. The van der Waals surface area contributed by atoms with Gasteiger partial charge >= 0.3 is 0 Å². The Morgan fingerprint density at radius 2 is 2.17 bits per heavy atom. The van der Waals surface area contributed by atoms with Crippen molar-refractivity contribution in [3.8, 4) is 5.75 Å². The van der Waals surface area contributed by atoms with E-state index >= 15 is 0 Å². The van der Waals surface area contributed by atoms with Crippen molar-refractivity contribution in [3.63, 3.8) is 0 Å². The molecule has 1 amide bonds. The predicted molar refractivity (Wildman–Crippen MR) is 91.9 cm³/mol. The summed E-state index contributed by atoms with van der Waals surface area (Å²) in [5, 5.41) is 12.8. The molecule has 1 aromatic rings. The van der Waals surface area contributed by atoms with E-state index in [1.165, 1.54) is 0 Å². The Morgan fingerprint density at radius 1 is 1.42 bits per heavy atom. The third-order valence-electron chi connectivity index (χ3n) is 4.39. The van der Waals surface area contributed by atoms with Crippen molar-refractivity contribution in [3.05, 3.63) is 29.8 Å². The number of amides is 1. The van der Waals surface area contributed by atoms with Gasteiger partial charge in [-0.3, -0.25) is 4.79 Å². The minimum absolute atomic E-state index is 0.104. The van der Waals surface area contributed by atoms with E-state index in [2.05, 4.69) is 10.2 Å². The fourth-order valence-corrected chi connectivity index (χ4v) is 3.01. The van der Waals surface area contributed by atoms with Crippen LogP contribution in [0.2, 0.25) is 0 Å². The molecule has 24 heavy (non-hydrogen) atoms. The average Bonchev–Trinajstić information content (AvgIpc) is 2.62. The Hall–Kier alpha value is -1.63. The van der Waals surface area contributed by atoms with Gasteiger partial charge in [-0.2, -0.15) is 0 Å². The fraction of sp³-hybridized carbons (Fsp3) is 0.611. The number of β-amino-alcohol motifs (C(OH)–C–C–N with tert-alkyl or cyclic N) is 1. The van der Waals surface area contributed by atoms with Crippen LogP contribution in [0.1, 0.15) is 18.4 Å². The van der Waals surface area contributed by atoms with E-state index in [4.69, 9.17) is 9.47 Å². The number of hydrogen-bond acceptors (Lipinski definition) is 5.